The minimum atomic E-state index is -3.81. The van der Waals surface area contributed by atoms with Gasteiger partial charge >= 0.3 is 0 Å². The van der Waals surface area contributed by atoms with Crippen molar-refractivity contribution in [3.05, 3.63) is 96.8 Å². The molecule has 3 rings (SSSR count). The number of nitrogens with one attached hydrogen (secondary N) is 3. The summed E-state index contributed by atoms with van der Waals surface area (Å²) < 4.78 is 53.6. The van der Waals surface area contributed by atoms with Gasteiger partial charge in [-0.05, 0) is 54.1 Å². The van der Waals surface area contributed by atoms with E-state index < -0.39 is 26.0 Å². The molecule has 1 aromatic heterocycles. The number of pyridine rings is 1. The van der Waals surface area contributed by atoms with E-state index in [0.717, 1.165) is 0 Å². The lowest BCUT2D eigenvalue weighted by molar-refractivity contribution is 0.102. The molecule has 0 atom stereocenters. The SMILES string of the molecule is C=CCNS(=O)(=O)Cc1ccc(NC(=O)c2ccc(S(=O)(=O)Nc3ccncc3)cc2)cc1. The van der Waals surface area contributed by atoms with E-state index in [2.05, 4.69) is 26.3 Å². The highest BCUT2D eigenvalue weighted by Gasteiger charge is 2.16. The van der Waals surface area contributed by atoms with Crippen molar-refractivity contribution in [1.29, 1.82) is 0 Å². The molecule has 3 N–H and O–H groups in total. The monoisotopic (exact) mass is 486 g/mol. The predicted molar refractivity (Wildman–Crippen MR) is 127 cm³/mol. The van der Waals surface area contributed by atoms with Crippen molar-refractivity contribution in [3.63, 3.8) is 0 Å². The molecule has 0 spiro atoms. The van der Waals surface area contributed by atoms with Gasteiger partial charge in [0.25, 0.3) is 15.9 Å². The van der Waals surface area contributed by atoms with Crippen LogP contribution in [-0.2, 0) is 25.8 Å². The highest BCUT2D eigenvalue weighted by atomic mass is 32.2. The molecule has 0 bridgehead atoms. The molecular formula is C22H22N4O5S2. The third-order valence-corrected chi connectivity index (χ3v) is 7.09. The Morgan fingerprint density at radius 1 is 0.879 bits per heavy atom. The summed E-state index contributed by atoms with van der Waals surface area (Å²) in [5.74, 6) is -0.632. The second-order valence-corrected chi connectivity index (χ2v) is 10.4. The third kappa shape index (κ3) is 6.97. The Labute approximate surface area is 192 Å². The van der Waals surface area contributed by atoms with Crippen LogP contribution in [0.15, 0.2) is 90.6 Å². The van der Waals surface area contributed by atoms with Crippen LogP contribution in [0.3, 0.4) is 0 Å². The van der Waals surface area contributed by atoms with Gasteiger partial charge in [0.1, 0.15) is 0 Å². The summed E-state index contributed by atoms with van der Waals surface area (Å²) in [6, 6.07) is 14.9. The summed E-state index contributed by atoms with van der Waals surface area (Å²) in [6.07, 6.45) is 4.39. The summed E-state index contributed by atoms with van der Waals surface area (Å²) in [7, 11) is -7.29. The first-order valence-electron chi connectivity index (χ1n) is 9.70. The number of rotatable bonds is 10. The standard InChI is InChI=1S/C22H22N4O5S2/c1-2-13-24-32(28,29)16-17-3-7-19(8-4-17)25-22(27)18-5-9-21(10-6-18)33(30,31)26-20-11-14-23-15-12-20/h2-12,14-15,24H,1,13,16H2,(H,23,26)(H,25,27). The molecule has 0 saturated heterocycles. The van der Waals surface area contributed by atoms with E-state index in [-0.39, 0.29) is 22.8 Å². The number of aromatic nitrogens is 1. The Kier molecular flexibility index (Phi) is 7.59. The number of anilines is 2. The molecule has 0 fully saturated rings. The smallest absolute Gasteiger partial charge is 0.261 e. The summed E-state index contributed by atoms with van der Waals surface area (Å²) in [4.78, 5) is 16.3. The number of nitrogens with zero attached hydrogens (tertiary/aromatic N) is 1. The predicted octanol–water partition coefficient (Wildman–Crippen LogP) is 2.74. The molecule has 0 aliphatic carbocycles. The highest BCUT2D eigenvalue weighted by Crippen LogP contribution is 2.17. The van der Waals surface area contributed by atoms with E-state index in [9.17, 15) is 21.6 Å². The first-order valence-corrected chi connectivity index (χ1v) is 12.8. The number of benzene rings is 2. The van der Waals surface area contributed by atoms with Gasteiger partial charge in [-0.1, -0.05) is 18.2 Å². The van der Waals surface area contributed by atoms with Crippen molar-refractivity contribution < 1.29 is 21.6 Å². The molecule has 9 nitrogen and oxygen atoms in total. The third-order valence-electron chi connectivity index (χ3n) is 4.38. The number of carbonyl (C=O) groups excluding carboxylic acids is 1. The highest BCUT2D eigenvalue weighted by molar-refractivity contribution is 7.92. The molecule has 1 heterocycles. The van der Waals surface area contributed by atoms with Crippen molar-refractivity contribution in [2.24, 2.45) is 0 Å². The molecule has 0 unspecified atom stereocenters. The molecule has 0 aliphatic rings. The summed E-state index contributed by atoms with van der Waals surface area (Å²) >= 11 is 0. The van der Waals surface area contributed by atoms with Gasteiger partial charge in [0, 0.05) is 30.2 Å². The van der Waals surface area contributed by atoms with Crippen LogP contribution in [0.1, 0.15) is 15.9 Å². The Bertz CT molecular complexity index is 1320. The average Bonchev–Trinajstić information content (AvgIpc) is 2.79. The van der Waals surface area contributed by atoms with E-state index >= 15 is 0 Å². The number of carbonyl (C=O) groups is 1. The second-order valence-electron chi connectivity index (χ2n) is 6.91. The fraction of sp³-hybridized carbons (Fsp3) is 0.0909. The Morgan fingerprint density at radius 3 is 2.12 bits per heavy atom. The number of hydrogen-bond donors (Lipinski definition) is 3. The van der Waals surface area contributed by atoms with Crippen LogP contribution in [-0.4, -0.2) is 34.3 Å². The maximum absolute atomic E-state index is 12.5. The van der Waals surface area contributed by atoms with Crippen LogP contribution in [0.2, 0.25) is 0 Å². The maximum Gasteiger partial charge on any atom is 0.261 e. The van der Waals surface area contributed by atoms with Crippen molar-refractivity contribution in [2.75, 3.05) is 16.6 Å². The molecule has 3 aromatic rings. The first-order chi connectivity index (χ1) is 15.7. The van der Waals surface area contributed by atoms with E-state index in [1.807, 2.05) is 0 Å². The fourth-order valence-electron chi connectivity index (χ4n) is 2.76. The van der Waals surface area contributed by atoms with Gasteiger partial charge in [-0.15, -0.1) is 6.58 Å². The van der Waals surface area contributed by atoms with Crippen LogP contribution in [0, 0.1) is 0 Å². The zero-order valence-corrected chi connectivity index (χ0v) is 19.1. The van der Waals surface area contributed by atoms with Crippen molar-refractivity contribution in [1.82, 2.24) is 9.71 Å². The van der Waals surface area contributed by atoms with Gasteiger partial charge in [-0.2, -0.15) is 0 Å². The van der Waals surface area contributed by atoms with E-state index in [0.29, 0.717) is 16.9 Å². The van der Waals surface area contributed by atoms with Crippen molar-refractivity contribution in [3.8, 4) is 0 Å². The van der Waals surface area contributed by atoms with Gasteiger partial charge in [0.05, 0.1) is 16.3 Å². The zero-order valence-electron chi connectivity index (χ0n) is 17.4. The molecule has 172 valence electrons. The van der Waals surface area contributed by atoms with Gasteiger partial charge in [-0.3, -0.25) is 14.5 Å². The Hall–Kier alpha value is -3.54. The van der Waals surface area contributed by atoms with E-state index in [1.165, 1.54) is 54.9 Å². The average molecular weight is 487 g/mol. The number of amides is 1. The second kappa shape index (κ2) is 10.4. The minimum Gasteiger partial charge on any atom is -0.322 e. The summed E-state index contributed by atoms with van der Waals surface area (Å²) in [5, 5.41) is 2.69. The zero-order chi connectivity index (χ0) is 23.9. The van der Waals surface area contributed by atoms with Crippen LogP contribution in [0.4, 0.5) is 11.4 Å². The van der Waals surface area contributed by atoms with E-state index in [1.54, 1.807) is 24.3 Å². The molecule has 0 aliphatic heterocycles. The Morgan fingerprint density at radius 2 is 1.52 bits per heavy atom. The van der Waals surface area contributed by atoms with Crippen LogP contribution < -0.4 is 14.8 Å². The lowest BCUT2D eigenvalue weighted by atomic mass is 10.2. The quantitative estimate of drug-likeness (QED) is 0.377. The lowest BCUT2D eigenvalue weighted by Crippen LogP contribution is -2.25. The van der Waals surface area contributed by atoms with Crippen molar-refractivity contribution >= 4 is 37.3 Å². The molecule has 0 saturated carbocycles. The summed E-state index contributed by atoms with van der Waals surface area (Å²) in [5.41, 5.74) is 1.66. The lowest BCUT2D eigenvalue weighted by Gasteiger charge is -2.10. The molecular weight excluding hydrogens is 464 g/mol. The molecule has 33 heavy (non-hydrogen) atoms. The number of sulfonamides is 2. The molecule has 1 amide bonds. The first kappa shape index (κ1) is 24.1. The molecule has 2 aromatic carbocycles. The summed E-state index contributed by atoms with van der Waals surface area (Å²) in [6.45, 7) is 3.62. The van der Waals surface area contributed by atoms with Crippen molar-refractivity contribution in [2.45, 2.75) is 10.6 Å². The van der Waals surface area contributed by atoms with Crippen LogP contribution >= 0.6 is 0 Å². The largest absolute Gasteiger partial charge is 0.322 e. The number of hydrogen-bond acceptors (Lipinski definition) is 6. The van der Waals surface area contributed by atoms with Crippen LogP contribution in [0.5, 0.6) is 0 Å². The fourth-order valence-corrected chi connectivity index (χ4v) is 4.93. The normalized spacial score (nSPS) is 11.5. The van der Waals surface area contributed by atoms with Gasteiger partial charge < -0.3 is 5.32 Å². The minimum absolute atomic E-state index is 0.00601. The molecule has 0 radical (unpaired) electrons. The topological polar surface area (TPSA) is 134 Å². The van der Waals surface area contributed by atoms with E-state index in [4.69, 9.17) is 0 Å². The van der Waals surface area contributed by atoms with Gasteiger partial charge in [-0.25, -0.2) is 21.6 Å². The van der Waals surface area contributed by atoms with Gasteiger partial charge in [0.2, 0.25) is 10.0 Å². The van der Waals surface area contributed by atoms with Crippen LogP contribution in [0.25, 0.3) is 0 Å². The van der Waals surface area contributed by atoms with Gasteiger partial charge in [0.15, 0.2) is 0 Å². The molecule has 11 heteroatoms. The Balaban J connectivity index is 1.63. The maximum atomic E-state index is 12.5.